The molecular formula is C19H28N2O3. The minimum Gasteiger partial charge on any atom is -0.394 e. The molecule has 0 aromatic heterocycles. The van der Waals surface area contributed by atoms with Gasteiger partial charge >= 0.3 is 6.03 Å². The second kappa shape index (κ2) is 7.99. The molecule has 132 valence electrons. The molecule has 2 atom stereocenters. The van der Waals surface area contributed by atoms with Crippen molar-refractivity contribution in [1.29, 1.82) is 0 Å². The van der Waals surface area contributed by atoms with E-state index in [0.29, 0.717) is 6.42 Å². The number of ether oxygens (including phenoxy) is 1. The van der Waals surface area contributed by atoms with Crippen molar-refractivity contribution in [2.75, 3.05) is 13.2 Å². The molecule has 1 saturated heterocycles. The summed E-state index contributed by atoms with van der Waals surface area (Å²) in [5.74, 6) is 0. The molecule has 1 spiro atoms. The standard InChI is InChI=1S/C19H28N2O3/c22-14-17(12-15-6-2-1-3-7-15)21-18(23)20-16-8-11-24-19(13-16)9-4-5-10-19/h1-3,6-7,16-17,22H,4-5,8-14H2,(H2,20,21,23)/t16?,17-/m0/s1. The second-order valence-electron chi connectivity index (χ2n) is 7.12. The summed E-state index contributed by atoms with van der Waals surface area (Å²) in [5.41, 5.74) is 1.10. The summed E-state index contributed by atoms with van der Waals surface area (Å²) in [7, 11) is 0. The topological polar surface area (TPSA) is 70.6 Å². The van der Waals surface area contributed by atoms with E-state index in [-0.39, 0.29) is 30.3 Å². The zero-order valence-corrected chi connectivity index (χ0v) is 14.2. The lowest BCUT2D eigenvalue weighted by molar-refractivity contribution is -0.0820. The summed E-state index contributed by atoms with van der Waals surface area (Å²) >= 11 is 0. The number of carbonyl (C=O) groups excluding carboxylic acids is 1. The smallest absolute Gasteiger partial charge is 0.315 e. The molecule has 5 nitrogen and oxygen atoms in total. The highest BCUT2D eigenvalue weighted by Gasteiger charge is 2.40. The fourth-order valence-corrected chi connectivity index (χ4v) is 3.99. The van der Waals surface area contributed by atoms with Gasteiger partial charge in [0.25, 0.3) is 0 Å². The van der Waals surface area contributed by atoms with Crippen molar-refractivity contribution >= 4 is 6.03 Å². The summed E-state index contributed by atoms with van der Waals surface area (Å²) in [6.45, 7) is 0.651. The lowest BCUT2D eigenvalue weighted by Crippen LogP contribution is -2.52. The number of rotatable bonds is 5. The first-order chi connectivity index (χ1) is 11.7. The van der Waals surface area contributed by atoms with Crippen molar-refractivity contribution < 1.29 is 14.6 Å². The van der Waals surface area contributed by atoms with E-state index in [0.717, 1.165) is 37.9 Å². The Bertz CT molecular complexity index is 529. The number of urea groups is 1. The van der Waals surface area contributed by atoms with Crippen LogP contribution in [0.2, 0.25) is 0 Å². The van der Waals surface area contributed by atoms with E-state index < -0.39 is 0 Å². The van der Waals surface area contributed by atoms with E-state index in [9.17, 15) is 9.90 Å². The summed E-state index contributed by atoms with van der Waals surface area (Å²) in [5, 5.41) is 15.5. The second-order valence-corrected chi connectivity index (χ2v) is 7.12. The minimum absolute atomic E-state index is 0.00336. The number of hydrogen-bond acceptors (Lipinski definition) is 3. The van der Waals surface area contributed by atoms with Crippen LogP contribution >= 0.6 is 0 Å². The highest BCUT2D eigenvalue weighted by atomic mass is 16.5. The number of nitrogens with one attached hydrogen (secondary N) is 2. The Balaban J connectivity index is 1.48. The number of aliphatic hydroxyl groups excluding tert-OH is 1. The molecule has 3 N–H and O–H groups in total. The zero-order chi connectivity index (χ0) is 16.8. The van der Waals surface area contributed by atoms with E-state index in [1.165, 1.54) is 12.8 Å². The molecule has 0 bridgehead atoms. The van der Waals surface area contributed by atoms with Crippen LogP contribution in [0.25, 0.3) is 0 Å². The Kier molecular flexibility index (Phi) is 5.74. The first kappa shape index (κ1) is 17.2. The van der Waals surface area contributed by atoms with Crippen LogP contribution in [0.3, 0.4) is 0 Å². The fourth-order valence-electron chi connectivity index (χ4n) is 3.99. The molecule has 1 aromatic carbocycles. The van der Waals surface area contributed by atoms with Crippen molar-refractivity contribution in [1.82, 2.24) is 10.6 Å². The highest BCUT2D eigenvalue weighted by Crippen LogP contribution is 2.39. The molecular weight excluding hydrogens is 304 g/mol. The third-order valence-corrected chi connectivity index (χ3v) is 5.22. The van der Waals surface area contributed by atoms with Crippen LogP contribution in [0.1, 0.15) is 44.1 Å². The van der Waals surface area contributed by atoms with E-state index >= 15 is 0 Å². The summed E-state index contributed by atoms with van der Waals surface area (Å²) in [6, 6.07) is 9.60. The molecule has 0 radical (unpaired) electrons. The van der Waals surface area contributed by atoms with Gasteiger partial charge in [-0.25, -0.2) is 4.79 Å². The number of benzene rings is 1. The van der Waals surface area contributed by atoms with Crippen molar-refractivity contribution in [3.63, 3.8) is 0 Å². The first-order valence-electron chi connectivity index (χ1n) is 9.05. The summed E-state index contributed by atoms with van der Waals surface area (Å²) in [6.07, 6.45) is 7.06. The fraction of sp³-hybridized carbons (Fsp3) is 0.632. The maximum absolute atomic E-state index is 12.3. The van der Waals surface area contributed by atoms with Crippen molar-refractivity contribution in [2.45, 2.75) is 62.6 Å². The normalized spacial score (nSPS) is 23.8. The van der Waals surface area contributed by atoms with Crippen LogP contribution in [0.15, 0.2) is 30.3 Å². The third kappa shape index (κ3) is 4.48. The Hall–Kier alpha value is -1.59. The molecule has 1 unspecified atom stereocenters. The van der Waals surface area contributed by atoms with Gasteiger partial charge in [-0.3, -0.25) is 0 Å². The maximum atomic E-state index is 12.3. The minimum atomic E-state index is -0.271. The molecule has 24 heavy (non-hydrogen) atoms. The van der Waals surface area contributed by atoms with E-state index in [2.05, 4.69) is 10.6 Å². The molecule has 1 saturated carbocycles. The van der Waals surface area contributed by atoms with Gasteiger partial charge in [-0.1, -0.05) is 43.2 Å². The molecule has 2 fully saturated rings. The molecule has 3 rings (SSSR count). The molecule has 1 aliphatic carbocycles. The van der Waals surface area contributed by atoms with Gasteiger partial charge in [-0.15, -0.1) is 0 Å². The molecule has 5 heteroatoms. The Morgan fingerprint density at radius 2 is 2.04 bits per heavy atom. The van der Waals surface area contributed by atoms with Crippen LogP contribution in [-0.2, 0) is 11.2 Å². The van der Waals surface area contributed by atoms with Gasteiger partial charge in [0.05, 0.1) is 18.2 Å². The third-order valence-electron chi connectivity index (χ3n) is 5.22. The van der Waals surface area contributed by atoms with Crippen LogP contribution in [0.5, 0.6) is 0 Å². The molecule has 2 amide bonds. The highest BCUT2D eigenvalue weighted by molar-refractivity contribution is 5.74. The van der Waals surface area contributed by atoms with E-state index in [4.69, 9.17) is 4.74 Å². The lowest BCUT2D eigenvalue weighted by atomic mass is 9.89. The van der Waals surface area contributed by atoms with Gasteiger partial charge in [0, 0.05) is 12.6 Å². The predicted molar refractivity (Wildman–Crippen MR) is 92.9 cm³/mol. The first-order valence-corrected chi connectivity index (χ1v) is 9.05. The van der Waals surface area contributed by atoms with Gasteiger partial charge in [-0.2, -0.15) is 0 Å². The predicted octanol–water partition coefficient (Wildman–Crippen LogP) is 2.38. The monoisotopic (exact) mass is 332 g/mol. The van der Waals surface area contributed by atoms with Crippen molar-refractivity contribution in [3.05, 3.63) is 35.9 Å². The van der Waals surface area contributed by atoms with Gasteiger partial charge in [0.2, 0.25) is 0 Å². The number of aliphatic hydroxyl groups is 1. The largest absolute Gasteiger partial charge is 0.394 e. The molecule has 2 aliphatic rings. The lowest BCUT2D eigenvalue weighted by Gasteiger charge is -2.38. The summed E-state index contributed by atoms with van der Waals surface area (Å²) in [4.78, 5) is 12.3. The number of carbonyl (C=O) groups is 1. The van der Waals surface area contributed by atoms with Crippen LogP contribution in [-0.4, -0.2) is 42.0 Å². The van der Waals surface area contributed by atoms with Gasteiger partial charge in [-0.05, 0) is 37.7 Å². The number of hydrogen-bond donors (Lipinski definition) is 3. The van der Waals surface area contributed by atoms with E-state index in [1.807, 2.05) is 30.3 Å². The van der Waals surface area contributed by atoms with Crippen LogP contribution in [0.4, 0.5) is 4.79 Å². The maximum Gasteiger partial charge on any atom is 0.315 e. The quantitative estimate of drug-likeness (QED) is 0.775. The molecule has 1 aliphatic heterocycles. The van der Waals surface area contributed by atoms with Crippen molar-refractivity contribution in [3.8, 4) is 0 Å². The Labute approximate surface area is 143 Å². The SMILES string of the molecule is O=C(NC1CCOC2(CCCC2)C1)N[C@H](CO)Cc1ccccc1. The van der Waals surface area contributed by atoms with Crippen LogP contribution < -0.4 is 10.6 Å². The van der Waals surface area contributed by atoms with Crippen molar-refractivity contribution in [2.24, 2.45) is 0 Å². The van der Waals surface area contributed by atoms with Gasteiger partial charge in [0.15, 0.2) is 0 Å². The van der Waals surface area contributed by atoms with Gasteiger partial charge < -0.3 is 20.5 Å². The average Bonchev–Trinajstić information content (AvgIpc) is 3.02. The number of amides is 2. The Morgan fingerprint density at radius 1 is 1.29 bits per heavy atom. The Morgan fingerprint density at radius 3 is 2.75 bits per heavy atom. The zero-order valence-electron chi connectivity index (χ0n) is 14.2. The average molecular weight is 332 g/mol. The molecule has 1 heterocycles. The van der Waals surface area contributed by atoms with Gasteiger partial charge in [0.1, 0.15) is 0 Å². The molecule has 1 aromatic rings. The summed E-state index contributed by atoms with van der Waals surface area (Å²) < 4.78 is 6.01. The van der Waals surface area contributed by atoms with Crippen LogP contribution in [0, 0.1) is 0 Å². The van der Waals surface area contributed by atoms with E-state index in [1.54, 1.807) is 0 Å².